The van der Waals surface area contributed by atoms with E-state index in [9.17, 15) is 5.11 Å². The highest BCUT2D eigenvalue weighted by Crippen LogP contribution is 2.26. The number of aromatic amines is 1. The van der Waals surface area contributed by atoms with Crippen molar-refractivity contribution in [1.82, 2.24) is 9.97 Å². The number of nitrogens with zero attached hydrogens (tertiary/aromatic N) is 2. The molecule has 5 heteroatoms. The summed E-state index contributed by atoms with van der Waals surface area (Å²) in [6.45, 7) is 1.63. The van der Waals surface area contributed by atoms with Crippen molar-refractivity contribution in [3.05, 3.63) is 24.2 Å². The second kappa shape index (κ2) is 3.59. The maximum absolute atomic E-state index is 9.36. The van der Waals surface area contributed by atoms with Crippen molar-refractivity contribution in [3.8, 4) is 12.0 Å². The third-order valence-electron chi connectivity index (χ3n) is 2.13. The quantitative estimate of drug-likeness (QED) is 0.724. The number of pyridine rings is 1. The summed E-state index contributed by atoms with van der Waals surface area (Å²) in [6.07, 6.45) is 4.15. The first-order valence-electron chi connectivity index (χ1n) is 4.43. The van der Waals surface area contributed by atoms with Crippen LogP contribution in [0, 0.1) is 11.5 Å². The predicted molar refractivity (Wildman–Crippen MR) is 53.0 cm³/mol. The van der Waals surface area contributed by atoms with Gasteiger partial charge in [-0.15, -0.1) is 5.26 Å². The van der Waals surface area contributed by atoms with Gasteiger partial charge in [0.25, 0.3) is 6.26 Å². The van der Waals surface area contributed by atoms with Gasteiger partial charge < -0.3 is 14.8 Å². The maximum atomic E-state index is 9.36. The first kappa shape index (κ1) is 9.49. The molecular formula is C10H9N3O2. The van der Waals surface area contributed by atoms with Gasteiger partial charge in [-0.3, -0.25) is 4.98 Å². The molecule has 1 atom stereocenters. The van der Waals surface area contributed by atoms with Crippen molar-refractivity contribution in [2.75, 3.05) is 0 Å². The number of hydrogen-bond acceptors (Lipinski definition) is 4. The fraction of sp³-hybridized carbons (Fsp3) is 0.200. The Balaban J connectivity index is 2.57. The van der Waals surface area contributed by atoms with Gasteiger partial charge in [0.05, 0.1) is 23.5 Å². The number of hydrogen-bond donors (Lipinski definition) is 2. The zero-order chi connectivity index (χ0) is 10.8. The molecule has 15 heavy (non-hydrogen) atoms. The van der Waals surface area contributed by atoms with Crippen LogP contribution in [0.2, 0.25) is 0 Å². The van der Waals surface area contributed by atoms with E-state index in [1.165, 1.54) is 0 Å². The van der Waals surface area contributed by atoms with E-state index in [0.717, 1.165) is 10.9 Å². The molecule has 0 fully saturated rings. The molecule has 76 valence electrons. The lowest BCUT2D eigenvalue weighted by atomic mass is 10.2. The molecular weight excluding hydrogens is 194 g/mol. The van der Waals surface area contributed by atoms with Gasteiger partial charge >= 0.3 is 0 Å². The van der Waals surface area contributed by atoms with Crippen LogP contribution in [-0.2, 0) is 0 Å². The van der Waals surface area contributed by atoms with E-state index < -0.39 is 6.10 Å². The van der Waals surface area contributed by atoms with Gasteiger partial charge in [-0.25, -0.2) is 0 Å². The third kappa shape index (κ3) is 1.63. The summed E-state index contributed by atoms with van der Waals surface area (Å²) < 4.78 is 4.76. The average Bonchev–Trinajstić information content (AvgIpc) is 2.61. The standard InChI is InChI=1S/C10H9N3O2/c1-6(14)8-2-7-9(3-12-8)13-4-10(7)15-5-11/h2-4,6,13-14H,1H3. The summed E-state index contributed by atoms with van der Waals surface area (Å²) in [5.74, 6) is 0.441. The molecule has 2 heterocycles. The summed E-state index contributed by atoms with van der Waals surface area (Å²) in [5.41, 5.74) is 1.31. The molecule has 2 rings (SSSR count). The molecule has 0 amide bonds. The Labute approximate surface area is 85.9 Å². The minimum Gasteiger partial charge on any atom is -0.387 e. The van der Waals surface area contributed by atoms with Crippen molar-refractivity contribution >= 4 is 10.9 Å². The van der Waals surface area contributed by atoms with E-state index in [1.54, 1.807) is 31.6 Å². The molecule has 0 aromatic carbocycles. The molecule has 0 spiro atoms. The Morgan fingerprint density at radius 3 is 3.13 bits per heavy atom. The lowest BCUT2D eigenvalue weighted by Crippen LogP contribution is -1.94. The van der Waals surface area contributed by atoms with Gasteiger partial charge in [-0.1, -0.05) is 0 Å². The van der Waals surface area contributed by atoms with Gasteiger partial charge in [0.2, 0.25) is 0 Å². The number of aliphatic hydroxyl groups is 1. The monoisotopic (exact) mass is 203 g/mol. The Bertz CT molecular complexity index is 525. The molecule has 1 unspecified atom stereocenters. The Morgan fingerprint density at radius 1 is 1.67 bits per heavy atom. The van der Waals surface area contributed by atoms with Crippen LogP contribution in [0.3, 0.4) is 0 Å². The van der Waals surface area contributed by atoms with Crippen LogP contribution in [-0.4, -0.2) is 15.1 Å². The molecule has 2 aromatic heterocycles. The molecule has 2 N–H and O–H groups in total. The fourth-order valence-electron chi connectivity index (χ4n) is 1.37. The Kier molecular flexibility index (Phi) is 2.27. The van der Waals surface area contributed by atoms with Gasteiger partial charge in [0, 0.05) is 11.6 Å². The third-order valence-corrected chi connectivity index (χ3v) is 2.13. The van der Waals surface area contributed by atoms with E-state index in [1.807, 2.05) is 0 Å². The highest BCUT2D eigenvalue weighted by molar-refractivity contribution is 5.85. The van der Waals surface area contributed by atoms with Crippen molar-refractivity contribution in [1.29, 1.82) is 5.26 Å². The first-order valence-corrected chi connectivity index (χ1v) is 4.43. The summed E-state index contributed by atoms with van der Waals surface area (Å²) in [4.78, 5) is 6.98. The summed E-state index contributed by atoms with van der Waals surface area (Å²) >= 11 is 0. The normalized spacial score (nSPS) is 12.3. The summed E-state index contributed by atoms with van der Waals surface area (Å²) in [5, 5.41) is 18.5. The number of ether oxygens (including phenoxy) is 1. The largest absolute Gasteiger partial charge is 0.387 e. The number of rotatable bonds is 2. The number of H-pyrrole nitrogens is 1. The topological polar surface area (TPSA) is 81.9 Å². The fourth-order valence-corrected chi connectivity index (χ4v) is 1.37. The van der Waals surface area contributed by atoms with E-state index >= 15 is 0 Å². The van der Waals surface area contributed by atoms with Gasteiger partial charge in [0.1, 0.15) is 0 Å². The van der Waals surface area contributed by atoms with E-state index in [2.05, 4.69) is 9.97 Å². The minimum atomic E-state index is -0.640. The zero-order valence-corrected chi connectivity index (χ0v) is 8.06. The first-order chi connectivity index (χ1) is 7.22. The number of nitrogens with one attached hydrogen (secondary N) is 1. The molecule has 5 nitrogen and oxygen atoms in total. The molecule has 0 aliphatic carbocycles. The lowest BCUT2D eigenvalue weighted by molar-refractivity contribution is 0.194. The number of aromatic nitrogens is 2. The summed E-state index contributed by atoms with van der Waals surface area (Å²) in [7, 11) is 0. The molecule has 0 aliphatic heterocycles. The van der Waals surface area contributed by atoms with Crippen LogP contribution in [0.1, 0.15) is 18.7 Å². The second-order valence-corrected chi connectivity index (χ2v) is 3.18. The molecule has 2 aromatic rings. The van der Waals surface area contributed by atoms with Crippen molar-refractivity contribution in [3.63, 3.8) is 0 Å². The van der Waals surface area contributed by atoms with Crippen LogP contribution in [0.25, 0.3) is 10.9 Å². The maximum Gasteiger partial charge on any atom is 0.292 e. The molecule has 0 aliphatic rings. The smallest absolute Gasteiger partial charge is 0.292 e. The highest BCUT2D eigenvalue weighted by Gasteiger charge is 2.09. The predicted octanol–water partition coefficient (Wildman–Crippen LogP) is 1.48. The van der Waals surface area contributed by atoms with Gasteiger partial charge in [0.15, 0.2) is 5.75 Å². The van der Waals surface area contributed by atoms with E-state index in [-0.39, 0.29) is 0 Å². The zero-order valence-electron chi connectivity index (χ0n) is 8.06. The molecule has 0 saturated heterocycles. The average molecular weight is 203 g/mol. The number of fused-ring (bicyclic) bond motifs is 1. The van der Waals surface area contributed by atoms with Crippen LogP contribution in [0.5, 0.6) is 5.75 Å². The van der Waals surface area contributed by atoms with Crippen LogP contribution >= 0.6 is 0 Å². The van der Waals surface area contributed by atoms with E-state index in [4.69, 9.17) is 10.00 Å². The van der Waals surface area contributed by atoms with Crippen LogP contribution in [0.4, 0.5) is 0 Å². The van der Waals surface area contributed by atoms with E-state index in [0.29, 0.717) is 11.4 Å². The van der Waals surface area contributed by atoms with Crippen LogP contribution < -0.4 is 4.74 Å². The molecule has 0 bridgehead atoms. The lowest BCUT2D eigenvalue weighted by Gasteiger charge is -2.02. The second-order valence-electron chi connectivity index (χ2n) is 3.18. The Morgan fingerprint density at radius 2 is 2.47 bits per heavy atom. The van der Waals surface area contributed by atoms with Gasteiger partial charge in [-0.2, -0.15) is 0 Å². The van der Waals surface area contributed by atoms with Crippen molar-refractivity contribution < 1.29 is 9.84 Å². The van der Waals surface area contributed by atoms with Crippen LogP contribution in [0.15, 0.2) is 18.5 Å². The number of aliphatic hydroxyl groups excluding tert-OH is 1. The molecule has 0 radical (unpaired) electrons. The number of nitriles is 1. The van der Waals surface area contributed by atoms with Crippen molar-refractivity contribution in [2.45, 2.75) is 13.0 Å². The highest BCUT2D eigenvalue weighted by atomic mass is 16.5. The summed E-state index contributed by atoms with van der Waals surface area (Å²) in [6, 6.07) is 1.70. The van der Waals surface area contributed by atoms with Gasteiger partial charge in [-0.05, 0) is 13.0 Å². The SMILES string of the molecule is CC(O)c1cc2c(OC#N)c[nH]c2cn1. The minimum absolute atomic E-state index is 0.441. The Hall–Kier alpha value is -2.06. The van der Waals surface area contributed by atoms with Crippen molar-refractivity contribution in [2.24, 2.45) is 0 Å². The molecule has 0 saturated carbocycles.